The smallest absolute Gasteiger partial charge is 0.417 e. The monoisotopic (exact) mass is 470 g/mol. The average molecular weight is 471 g/mol. The number of nitrogens with zero attached hydrogens (tertiary/aromatic N) is 3. The highest BCUT2D eigenvalue weighted by Gasteiger charge is 2.31. The van der Waals surface area contributed by atoms with Crippen molar-refractivity contribution in [1.29, 1.82) is 0 Å². The van der Waals surface area contributed by atoms with Crippen LogP contribution in [-0.4, -0.2) is 55.1 Å². The number of aromatic nitrogens is 1. The van der Waals surface area contributed by atoms with E-state index in [-0.39, 0.29) is 5.91 Å². The van der Waals surface area contributed by atoms with Crippen LogP contribution < -0.4 is 15.0 Å². The average Bonchev–Trinajstić information content (AvgIpc) is 3.01. The summed E-state index contributed by atoms with van der Waals surface area (Å²) in [5.74, 6) is 0.807. The van der Waals surface area contributed by atoms with Crippen LogP contribution in [-0.2, 0) is 11.0 Å². The molecule has 1 aromatic carbocycles. The van der Waals surface area contributed by atoms with Crippen LogP contribution in [0.3, 0.4) is 0 Å². The second-order valence-electron chi connectivity index (χ2n) is 7.75. The van der Waals surface area contributed by atoms with E-state index in [0.717, 1.165) is 24.2 Å². The van der Waals surface area contributed by atoms with Gasteiger partial charge in [0.1, 0.15) is 11.6 Å². The summed E-state index contributed by atoms with van der Waals surface area (Å²) >= 11 is 6.13. The van der Waals surface area contributed by atoms with Gasteiger partial charge in [0.2, 0.25) is 5.91 Å². The quantitative estimate of drug-likeness (QED) is 0.691. The maximum atomic E-state index is 12.9. The Bertz CT molecular complexity index is 953. The highest BCUT2D eigenvalue weighted by molar-refractivity contribution is 6.31. The van der Waals surface area contributed by atoms with Gasteiger partial charge in [-0.15, -0.1) is 0 Å². The molecule has 0 saturated carbocycles. The lowest BCUT2D eigenvalue weighted by Gasteiger charge is -2.27. The maximum Gasteiger partial charge on any atom is 0.417 e. The third-order valence-corrected chi connectivity index (χ3v) is 6.00. The molecular formula is C22H26ClF3N4O2. The van der Waals surface area contributed by atoms with Crippen molar-refractivity contribution < 1.29 is 22.7 Å². The lowest BCUT2D eigenvalue weighted by atomic mass is 10.2. The lowest BCUT2D eigenvalue weighted by Crippen LogP contribution is -2.44. The first kappa shape index (κ1) is 24.1. The van der Waals surface area contributed by atoms with Gasteiger partial charge in [-0.05, 0) is 44.0 Å². The van der Waals surface area contributed by atoms with Gasteiger partial charge < -0.3 is 15.0 Å². The first-order valence-electron chi connectivity index (χ1n) is 10.3. The van der Waals surface area contributed by atoms with E-state index in [2.05, 4.69) is 15.2 Å². The molecule has 10 heteroatoms. The van der Waals surface area contributed by atoms with E-state index in [1.165, 1.54) is 13.2 Å². The molecule has 2 heterocycles. The number of rotatable bonds is 5. The van der Waals surface area contributed by atoms with Gasteiger partial charge in [-0.3, -0.25) is 9.69 Å². The van der Waals surface area contributed by atoms with E-state index in [4.69, 9.17) is 16.3 Å². The summed E-state index contributed by atoms with van der Waals surface area (Å²) in [7, 11) is 1.51. The minimum atomic E-state index is -4.41. The van der Waals surface area contributed by atoms with Crippen molar-refractivity contribution in [3.8, 4) is 5.75 Å². The number of ether oxygens (including phenoxy) is 1. The van der Waals surface area contributed by atoms with Gasteiger partial charge in [0.05, 0.1) is 24.4 Å². The van der Waals surface area contributed by atoms with Gasteiger partial charge in [0.25, 0.3) is 0 Å². The number of benzene rings is 1. The van der Waals surface area contributed by atoms with Crippen LogP contribution in [0.2, 0.25) is 5.02 Å². The fourth-order valence-corrected chi connectivity index (χ4v) is 3.78. The van der Waals surface area contributed by atoms with Gasteiger partial charge in [-0.2, -0.15) is 13.2 Å². The predicted molar refractivity (Wildman–Crippen MR) is 118 cm³/mol. The summed E-state index contributed by atoms with van der Waals surface area (Å²) in [6.07, 6.45) is -2.80. The Labute approximate surface area is 190 Å². The van der Waals surface area contributed by atoms with E-state index >= 15 is 0 Å². The fraction of sp³-hybridized carbons (Fsp3) is 0.455. The summed E-state index contributed by atoms with van der Waals surface area (Å²) in [6, 6.07) is 5.47. The Balaban J connectivity index is 1.63. The van der Waals surface area contributed by atoms with Crippen LogP contribution in [0.15, 0.2) is 30.5 Å². The molecule has 32 heavy (non-hydrogen) atoms. The summed E-state index contributed by atoms with van der Waals surface area (Å²) in [5.41, 5.74) is 0.609. The standard InChI is InChI=1S/C22H26ClF3N4O2/c1-14-11-18(19(32-3)12-17(14)23)28-21(31)15(2)29-7-4-8-30(10-9-29)20-6-5-16(13-27-20)22(24,25)26/h5-6,11-13,15H,4,7-10H2,1-3H3,(H,28,31)/t15-/m0/s1. The van der Waals surface area contributed by atoms with E-state index in [1.54, 1.807) is 12.1 Å². The van der Waals surface area contributed by atoms with Gasteiger partial charge in [-0.1, -0.05) is 11.6 Å². The number of alkyl halides is 3. The third-order valence-electron chi connectivity index (χ3n) is 5.60. The number of amides is 1. The number of carbonyl (C=O) groups is 1. The number of halogens is 4. The van der Waals surface area contributed by atoms with E-state index in [0.29, 0.717) is 48.5 Å². The van der Waals surface area contributed by atoms with Crippen molar-refractivity contribution in [2.45, 2.75) is 32.5 Å². The third kappa shape index (κ3) is 5.63. The molecule has 3 rings (SSSR count). The molecule has 1 aliphatic heterocycles. The van der Waals surface area contributed by atoms with Crippen LogP contribution in [0.25, 0.3) is 0 Å². The molecule has 1 fully saturated rings. The molecule has 1 N–H and O–H groups in total. The molecule has 0 bridgehead atoms. The van der Waals surface area contributed by atoms with Gasteiger partial charge in [0.15, 0.2) is 0 Å². The molecule has 2 aromatic rings. The SMILES string of the molecule is COc1cc(Cl)c(C)cc1NC(=O)[C@H](C)N1CCCN(c2ccc(C(F)(F)F)cn2)CC1. The summed E-state index contributed by atoms with van der Waals surface area (Å²) in [5, 5.41) is 3.47. The highest BCUT2D eigenvalue weighted by Crippen LogP contribution is 2.31. The number of nitrogens with one attached hydrogen (secondary N) is 1. The Morgan fingerprint density at radius 2 is 1.97 bits per heavy atom. The first-order chi connectivity index (χ1) is 15.1. The molecule has 1 saturated heterocycles. The van der Waals surface area contributed by atoms with Crippen LogP contribution >= 0.6 is 11.6 Å². The van der Waals surface area contributed by atoms with E-state index in [9.17, 15) is 18.0 Å². The van der Waals surface area contributed by atoms with Crippen molar-refractivity contribution in [3.63, 3.8) is 0 Å². The van der Waals surface area contributed by atoms with E-state index < -0.39 is 17.8 Å². The zero-order chi connectivity index (χ0) is 23.5. The van der Waals surface area contributed by atoms with Crippen molar-refractivity contribution in [1.82, 2.24) is 9.88 Å². The number of hydrogen-bond donors (Lipinski definition) is 1. The lowest BCUT2D eigenvalue weighted by molar-refractivity contribution is -0.137. The minimum absolute atomic E-state index is 0.175. The Hall–Kier alpha value is -2.52. The zero-order valence-electron chi connectivity index (χ0n) is 18.2. The molecule has 0 radical (unpaired) electrons. The van der Waals surface area contributed by atoms with Crippen molar-refractivity contribution >= 4 is 29.0 Å². The molecule has 0 spiro atoms. The summed E-state index contributed by atoms with van der Waals surface area (Å²) in [6.45, 7) is 6.14. The molecule has 1 aromatic heterocycles. The number of hydrogen-bond acceptors (Lipinski definition) is 5. The molecule has 0 unspecified atom stereocenters. The van der Waals surface area contributed by atoms with Crippen molar-refractivity contribution in [2.75, 3.05) is 43.5 Å². The Kier molecular flexibility index (Phi) is 7.51. The Morgan fingerprint density at radius 1 is 1.22 bits per heavy atom. The van der Waals surface area contributed by atoms with Crippen LogP contribution in [0.4, 0.5) is 24.7 Å². The van der Waals surface area contributed by atoms with Crippen LogP contribution in [0.1, 0.15) is 24.5 Å². The topological polar surface area (TPSA) is 57.7 Å². The number of aryl methyl sites for hydroxylation is 1. The highest BCUT2D eigenvalue weighted by atomic mass is 35.5. The zero-order valence-corrected chi connectivity index (χ0v) is 18.9. The van der Waals surface area contributed by atoms with Crippen LogP contribution in [0.5, 0.6) is 5.75 Å². The number of anilines is 2. The minimum Gasteiger partial charge on any atom is -0.495 e. The van der Waals surface area contributed by atoms with Crippen molar-refractivity contribution in [2.24, 2.45) is 0 Å². The molecule has 1 atom stereocenters. The summed E-state index contributed by atoms with van der Waals surface area (Å²) in [4.78, 5) is 20.9. The molecule has 6 nitrogen and oxygen atoms in total. The molecular weight excluding hydrogens is 445 g/mol. The largest absolute Gasteiger partial charge is 0.495 e. The Morgan fingerprint density at radius 3 is 2.59 bits per heavy atom. The van der Waals surface area contributed by atoms with Crippen molar-refractivity contribution in [3.05, 3.63) is 46.6 Å². The van der Waals surface area contributed by atoms with Crippen LogP contribution in [0, 0.1) is 6.92 Å². The number of methoxy groups -OCH3 is 1. The van der Waals surface area contributed by atoms with Gasteiger partial charge in [0, 0.05) is 43.5 Å². The summed E-state index contributed by atoms with van der Waals surface area (Å²) < 4.78 is 43.7. The first-order valence-corrected chi connectivity index (χ1v) is 10.6. The predicted octanol–water partition coefficient (Wildman–Crippen LogP) is 4.61. The molecule has 1 amide bonds. The van der Waals surface area contributed by atoms with Gasteiger partial charge >= 0.3 is 6.18 Å². The number of pyridine rings is 1. The maximum absolute atomic E-state index is 12.9. The number of carbonyl (C=O) groups excluding carboxylic acids is 1. The second-order valence-corrected chi connectivity index (χ2v) is 8.15. The second kappa shape index (κ2) is 9.95. The normalized spacial score (nSPS) is 16.4. The fourth-order valence-electron chi connectivity index (χ4n) is 3.63. The molecule has 174 valence electrons. The molecule has 1 aliphatic rings. The van der Waals surface area contributed by atoms with Gasteiger partial charge in [-0.25, -0.2) is 4.98 Å². The molecule has 0 aliphatic carbocycles. The van der Waals surface area contributed by atoms with E-state index in [1.807, 2.05) is 18.7 Å².